The van der Waals surface area contributed by atoms with Gasteiger partial charge in [-0.25, -0.2) is 4.98 Å². The lowest BCUT2D eigenvalue weighted by molar-refractivity contribution is 0.244. The molecule has 1 fully saturated rings. The van der Waals surface area contributed by atoms with E-state index < -0.39 is 0 Å². The smallest absolute Gasteiger partial charge is 0.125 e. The number of hydrogen-bond donors (Lipinski definition) is 2. The van der Waals surface area contributed by atoms with Crippen LogP contribution in [0.5, 0.6) is 0 Å². The Morgan fingerprint density at radius 2 is 2.44 bits per heavy atom. The lowest BCUT2D eigenvalue weighted by Crippen LogP contribution is -2.35. The maximum atomic E-state index is 8.97. The number of nitrogen functional groups attached to an aromatic ring is 1. The van der Waals surface area contributed by atoms with E-state index in [1.807, 2.05) is 12.1 Å². The largest absolute Gasteiger partial charge is 0.396 e. The van der Waals surface area contributed by atoms with Gasteiger partial charge in [0.1, 0.15) is 5.82 Å². The topological polar surface area (TPSA) is 62.4 Å². The molecule has 0 bridgehead atoms. The van der Waals surface area contributed by atoms with Crippen LogP contribution in [0.1, 0.15) is 19.3 Å². The fourth-order valence-corrected chi connectivity index (χ4v) is 2.35. The molecule has 2 rings (SSSR count). The van der Waals surface area contributed by atoms with Crippen LogP contribution in [0.2, 0.25) is 0 Å². The van der Waals surface area contributed by atoms with E-state index in [0.29, 0.717) is 11.7 Å². The van der Waals surface area contributed by atoms with Crippen molar-refractivity contribution in [1.29, 1.82) is 0 Å². The lowest BCUT2D eigenvalue weighted by Gasteiger charge is -2.34. The zero-order chi connectivity index (χ0) is 11.4. The molecular formula is C12H19N3O. The first-order valence-electron chi connectivity index (χ1n) is 5.87. The SMILES string of the molecule is Nc1cc(N2CCCC(CCO)C2)ccn1. The molecule has 1 saturated heterocycles. The molecule has 1 atom stereocenters. The molecule has 1 aliphatic heterocycles. The first-order valence-corrected chi connectivity index (χ1v) is 5.87. The van der Waals surface area contributed by atoms with Crippen molar-refractivity contribution >= 4 is 11.5 Å². The Bertz CT molecular complexity index is 341. The van der Waals surface area contributed by atoms with Crippen LogP contribution in [0.25, 0.3) is 0 Å². The third-order valence-corrected chi connectivity index (χ3v) is 3.19. The van der Waals surface area contributed by atoms with Gasteiger partial charge in [0.15, 0.2) is 0 Å². The molecule has 1 unspecified atom stereocenters. The van der Waals surface area contributed by atoms with E-state index in [0.717, 1.165) is 25.2 Å². The van der Waals surface area contributed by atoms with Crippen molar-refractivity contribution in [2.24, 2.45) is 5.92 Å². The summed E-state index contributed by atoms with van der Waals surface area (Å²) >= 11 is 0. The van der Waals surface area contributed by atoms with Gasteiger partial charge in [-0.05, 0) is 31.2 Å². The van der Waals surface area contributed by atoms with Gasteiger partial charge >= 0.3 is 0 Å². The Morgan fingerprint density at radius 1 is 1.56 bits per heavy atom. The van der Waals surface area contributed by atoms with Crippen molar-refractivity contribution < 1.29 is 5.11 Å². The maximum absolute atomic E-state index is 8.97. The number of pyridine rings is 1. The average Bonchev–Trinajstić information content (AvgIpc) is 2.30. The van der Waals surface area contributed by atoms with Gasteiger partial charge in [0, 0.05) is 37.6 Å². The van der Waals surface area contributed by atoms with Gasteiger partial charge in [-0.15, -0.1) is 0 Å². The Kier molecular flexibility index (Phi) is 3.62. The summed E-state index contributed by atoms with van der Waals surface area (Å²) in [6.07, 6.45) is 5.06. The molecule has 0 amide bonds. The first kappa shape index (κ1) is 11.2. The summed E-state index contributed by atoms with van der Waals surface area (Å²) in [5, 5.41) is 8.97. The summed E-state index contributed by atoms with van der Waals surface area (Å²) in [6.45, 7) is 2.38. The second-order valence-corrected chi connectivity index (χ2v) is 4.41. The second kappa shape index (κ2) is 5.16. The Hall–Kier alpha value is -1.29. The quantitative estimate of drug-likeness (QED) is 0.806. The summed E-state index contributed by atoms with van der Waals surface area (Å²) < 4.78 is 0. The van der Waals surface area contributed by atoms with Gasteiger partial charge in [-0.3, -0.25) is 0 Å². The van der Waals surface area contributed by atoms with Crippen LogP contribution in [0, 0.1) is 5.92 Å². The van der Waals surface area contributed by atoms with Gasteiger partial charge in [0.05, 0.1) is 0 Å². The predicted octanol–water partition coefficient (Wildman–Crippen LogP) is 1.26. The highest BCUT2D eigenvalue weighted by Gasteiger charge is 2.19. The second-order valence-electron chi connectivity index (χ2n) is 4.41. The molecule has 4 heteroatoms. The van der Waals surface area contributed by atoms with Crippen LogP contribution >= 0.6 is 0 Å². The monoisotopic (exact) mass is 221 g/mol. The molecule has 1 aromatic rings. The molecule has 0 aromatic carbocycles. The number of aromatic nitrogens is 1. The molecule has 0 saturated carbocycles. The lowest BCUT2D eigenvalue weighted by atomic mass is 9.95. The number of nitrogens with two attached hydrogens (primary N) is 1. The van der Waals surface area contributed by atoms with E-state index in [1.54, 1.807) is 6.20 Å². The van der Waals surface area contributed by atoms with E-state index in [9.17, 15) is 0 Å². The first-order chi connectivity index (χ1) is 7.79. The molecule has 88 valence electrons. The molecule has 3 N–H and O–H groups in total. The van der Waals surface area contributed by atoms with Crippen molar-refractivity contribution in [1.82, 2.24) is 4.98 Å². The van der Waals surface area contributed by atoms with Crippen LogP contribution in [0.15, 0.2) is 18.3 Å². The number of aliphatic hydroxyl groups excluding tert-OH is 1. The Morgan fingerprint density at radius 3 is 3.19 bits per heavy atom. The molecule has 0 spiro atoms. The van der Waals surface area contributed by atoms with E-state index in [4.69, 9.17) is 10.8 Å². The summed E-state index contributed by atoms with van der Waals surface area (Å²) in [6, 6.07) is 3.92. The summed E-state index contributed by atoms with van der Waals surface area (Å²) in [7, 11) is 0. The minimum atomic E-state index is 0.289. The van der Waals surface area contributed by atoms with Crippen LogP contribution < -0.4 is 10.6 Å². The van der Waals surface area contributed by atoms with Crippen molar-refractivity contribution in [2.45, 2.75) is 19.3 Å². The number of nitrogens with zero attached hydrogens (tertiary/aromatic N) is 2. The van der Waals surface area contributed by atoms with Crippen LogP contribution in [0.3, 0.4) is 0 Å². The van der Waals surface area contributed by atoms with Crippen molar-refractivity contribution in [2.75, 3.05) is 30.3 Å². The van der Waals surface area contributed by atoms with E-state index in [1.165, 1.54) is 12.8 Å². The zero-order valence-electron chi connectivity index (χ0n) is 9.47. The minimum absolute atomic E-state index is 0.289. The Balaban J connectivity index is 2.03. The molecule has 16 heavy (non-hydrogen) atoms. The van der Waals surface area contributed by atoms with Gasteiger partial charge < -0.3 is 15.7 Å². The number of hydrogen-bond acceptors (Lipinski definition) is 4. The zero-order valence-corrected chi connectivity index (χ0v) is 9.47. The minimum Gasteiger partial charge on any atom is -0.396 e. The number of piperidine rings is 1. The normalized spacial score (nSPS) is 21.1. The molecule has 2 heterocycles. The standard InChI is InChI=1S/C12H19N3O/c13-12-8-11(3-5-14-12)15-6-1-2-10(9-15)4-7-16/h3,5,8,10,16H,1-2,4,6-7,9H2,(H2,13,14). The van der Waals surface area contributed by atoms with Gasteiger partial charge in [-0.2, -0.15) is 0 Å². The molecular weight excluding hydrogens is 202 g/mol. The predicted molar refractivity (Wildman–Crippen MR) is 65.3 cm³/mol. The Labute approximate surface area is 96.1 Å². The fraction of sp³-hybridized carbons (Fsp3) is 0.583. The number of anilines is 2. The third-order valence-electron chi connectivity index (χ3n) is 3.19. The van der Waals surface area contributed by atoms with E-state index in [-0.39, 0.29) is 6.61 Å². The van der Waals surface area contributed by atoms with Crippen molar-refractivity contribution in [3.05, 3.63) is 18.3 Å². The van der Waals surface area contributed by atoms with Crippen LogP contribution in [-0.2, 0) is 0 Å². The average molecular weight is 221 g/mol. The van der Waals surface area contributed by atoms with Crippen molar-refractivity contribution in [3.63, 3.8) is 0 Å². The highest BCUT2D eigenvalue weighted by molar-refractivity contribution is 5.52. The third kappa shape index (κ3) is 2.64. The van der Waals surface area contributed by atoms with E-state index in [2.05, 4.69) is 9.88 Å². The van der Waals surface area contributed by atoms with Gasteiger partial charge in [0.25, 0.3) is 0 Å². The van der Waals surface area contributed by atoms with E-state index >= 15 is 0 Å². The van der Waals surface area contributed by atoms with Crippen LogP contribution in [-0.4, -0.2) is 29.8 Å². The molecule has 1 aliphatic rings. The summed E-state index contributed by atoms with van der Waals surface area (Å²) in [5.74, 6) is 1.18. The molecule has 1 aromatic heterocycles. The van der Waals surface area contributed by atoms with Crippen LogP contribution in [0.4, 0.5) is 11.5 Å². The highest BCUT2D eigenvalue weighted by atomic mass is 16.3. The maximum Gasteiger partial charge on any atom is 0.125 e. The number of rotatable bonds is 3. The van der Waals surface area contributed by atoms with Gasteiger partial charge in [-0.1, -0.05) is 0 Å². The highest BCUT2D eigenvalue weighted by Crippen LogP contribution is 2.25. The number of aliphatic hydroxyl groups is 1. The van der Waals surface area contributed by atoms with Crippen molar-refractivity contribution in [3.8, 4) is 0 Å². The summed E-state index contributed by atoms with van der Waals surface area (Å²) in [5.41, 5.74) is 6.83. The molecule has 0 aliphatic carbocycles. The molecule has 4 nitrogen and oxygen atoms in total. The fourth-order valence-electron chi connectivity index (χ4n) is 2.35. The molecule has 0 radical (unpaired) electrons. The summed E-state index contributed by atoms with van der Waals surface area (Å²) in [4.78, 5) is 6.34. The van der Waals surface area contributed by atoms with Gasteiger partial charge in [0.2, 0.25) is 0 Å².